The molecular formula is C15H23N3O4S. The number of benzene rings is 1. The summed E-state index contributed by atoms with van der Waals surface area (Å²) in [4.78, 5) is 12.8. The van der Waals surface area contributed by atoms with Crippen LogP contribution in [0.3, 0.4) is 0 Å². The predicted octanol–water partition coefficient (Wildman–Crippen LogP) is 1.96. The Kier molecular flexibility index (Phi) is 5.38. The van der Waals surface area contributed by atoms with Crippen molar-refractivity contribution in [2.45, 2.75) is 32.7 Å². The fourth-order valence-electron chi connectivity index (χ4n) is 3.22. The number of piperidine rings is 1. The van der Waals surface area contributed by atoms with Crippen LogP contribution in [0, 0.1) is 23.0 Å². The topological polar surface area (TPSA) is 107 Å². The summed E-state index contributed by atoms with van der Waals surface area (Å²) in [5.74, 6) is 0.130. The summed E-state index contributed by atoms with van der Waals surface area (Å²) in [5, 5.41) is 16.1. The molecule has 1 saturated heterocycles. The van der Waals surface area contributed by atoms with Crippen molar-refractivity contribution in [2.24, 2.45) is 11.1 Å². The van der Waals surface area contributed by atoms with E-state index in [1.165, 1.54) is 6.07 Å². The van der Waals surface area contributed by atoms with Crippen LogP contribution in [0.1, 0.15) is 36.9 Å². The van der Waals surface area contributed by atoms with Gasteiger partial charge in [-0.1, -0.05) is 6.07 Å². The van der Waals surface area contributed by atoms with Crippen LogP contribution in [-0.2, 0) is 10.0 Å². The van der Waals surface area contributed by atoms with Crippen LogP contribution >= 0.6 is 0 Å². The minimum absolute atomic E-state index is 0.0328. The van der Waals surface area contributed by atoms with Crippen LogP contribution in [0.5, 0.6) is 0 Å². The van der Waals surface area contributed by atoms with E-state index in [4.69, 9.17) is 5.14 Å². The molecule has 0 amide bonds. The summed E-state index contributed by atoms with van der Waals surface area (Å²) >= 11 is 0. The zero-order valence-corrected chi connectivity index (χ0v) is 14.3. The molecule has 0 bridgehead atoms. The SMILES string of the molecule is Cc1ccc([N+](=O)[O-])cc1C(C)N1CCC(CS(N)(=O)=O)CC1. The van der Waals surface area contributed by atoms with Crippen molar-refractivity contribution in [3.8, 4) is 0 Å². The second-order valence-electron chi connectivity index (χ2n) is 6.28. The molecule has 0 aromatic heterocycles. The average molecular weight is 341 g/mol. The summed E-state index contributed by atoms with van der Waals surface area (Å²) in [6.45, 7) is 5.52. The molecule has 7 nitrogen and oxygen atoms in total. The number of rotatable bonds is 5. The first kappa shape index (κ1) is 17.8. The number of primary sulfonamides is 1. The van der Waals surface area contributed by atoms with Gasteiger partial charge in [0.1, 0.15) is 0 Å². The number of nitro benzene ring substituents is 1. The van der Waals surface area contributed by atoms with Crippen molar-refractivity contribution < 1.29 is 13.3 Å². The van der Waals surface area contributed by atoms with Gasteiger partial charge in [0.25, 0.3) is 5.69 Å². The summed E-state index contributed by atoms with van der Waals surface area (Å²) in [7, 11) is -3.43. The first-order valence-electron chi connectivity index (χ1n) is 7.67. The Balaban J connectivity index is 2.06. The van der Waals surface area contributed by atoms with Crippen molar-refractivity contribution >= 4 is 15.7 Å². The number of nitrogens with zero attached hydrogens (tertiary/aromatic N) is 2. The van der Waals surface area contributed by atoms with Crippen LogP contribution in [0.15, 0.2) is 18.2 Å². The van der Waals surface area contributed by atoms with E-state index in [-0.39, 0.29) is 28.3 Å². The largest absolute Gasteiger partial charge is 0.297 e. The van der Waals surface area contributed by atoms with Gasteiger partial charge in [0, 0.05) is 18.2 Å². The molecule has 8 heteroatoms. The molecule has 1 fully saturated rings. The second-order valence-corrected chi connectivity index (χ2v) is 7.94. The zero-order valence-electron chi connectivity index (χ0n) is 13.4. The Morgan fingerprint density at radius 1 is 1.39 bits per heavy atom. The van der Waals surface area contributed by atoms with Gasteiger partial charge in [0.15, 0.2) is 0 Å². The zero-order chi connectivity index (χ0) is 17.2. The molecule has 0 aliphatic carbocycles. The average Bonchev–Trinajstić information content (AvgIpc) is 2.46. The summed E-state index contributed by atoms with van der Waals surface area (Å²) in [5.41, 5.74) is 2.07. The number of hydrogen-bond acceptors (Lipinski definition) is 5. The molecule has 0 saturated carbocycles. The van der Waals surface area contributed by atoms with Crippen molar-refractivity contribution in [2.75, 3.05) is 18.8 Å². The molecule has 1 aromatic rings. The number of nitrogens with two attached hydrogens (primary N) is 1. The lowest BCUT2D eigenvalue weighted by atomic mass is 9.94. The Morgan fingerprint density at radius 2 is 2.00 bits per heavy atom. The number of nitro groups is 1. The third-order valence-electron chi connectivity index (χ3n) is 4.59. The van der Waals surface area contributed by atoms with Gasteiger partial charge < -0.3 is 0 Å². The van der Waals surface area contributed by atoms with Crippen molar-refractivity contribution in [3.63, 3.8) is 0 Å². The third-order valence-corrected chi connectivity index (χ3v) is 5.52. The molecule has 0 radical (unpaired) electrons. The maximum atomic E-state index is 11.2. The van der Waals surface area contributed by atoms with Crippen LogP contribution in [0.4, 0.5) is 5.69 Å². The highest BCUT2D eigenvalue weighted by Crippen LogP contribution is 2.30. The Labute approximate surface area is 136 Å². The lowest BCUT2D eigenvalue weighted by Crippen LogP contribution is -2.38. The predicted molar refractivity (Wildman–Crippen MR) is 88.5 cm³/mol. The van der Waals surface area contributed by atoms with Crippen LogP contribution in [0.25, 0.3) is 0 Å². The van der Waals surface area contributed by atoms with E-state index in [1.54, 1.807) is 12.1 Å². The van der Waals surface area contributed by atoms with Crippen molar-refractivity contribution in [1.29, 1.82) is 0 Å². The molecule has 2 rings (SSSR count). The van der Waals surface area contributed by atoms with E-state index in [0.29, 0.717) is 0 Å². The lowest BCUT2D eigenvalue weighted by molar-refractivity contribution is -0.385. The van der Waals surface area contributed by atoms with Gasteiger partial charge in [-0.05, 0) is 56.8 Å². The molecule has 2 N–H and O–H groups in total. The molecule has 1 atom stereocenters. The van der Waals surface area contributed by atoms with E-state index in [1.807, 2.05) is 13.8 Å². The number of non-ortho nitro benzene ring substituents is 1. The van der Waals surface area contributed by atoms with Crippen molar-refractivity contribution in [1.82, 2.24) is 4.90 Å². The molecule has 23 heavy (non-hydrogen) atoms. The number of likely N-dealkylation sites (tertiary alicyclic amines) is 1. The number of hydrogen-bond donors (Lipinski definition) is 1. The smallest absolute Gasteiger partial charge is 0.269 e. The van der Waals surface area contributed by atoms with Crippen LogP contribution in [0.2, 0.25) is 0 Å². The van der Waals surface area contributed by atoms with Crippen molar-refractivity contribution in [3.05, 3.63) is 39.4 Å². The summed E-state index contributed by atoms with van der Waals surface area (Å²) in [6, 6.07) is 4.99. The van der Waals surface area contributed by atoms with Gasteiger partial charge >= 0.3 is 0 Å². The highest BCUT2D eigenvalue weighted by molar-refractivity contribution is 7.89. The molecule has 1 aliphatic rings. The van der Waals surface area contributed by atoms with E-state index in [9.17, 15) is 18.5 Å². The summed E-state index contributed by atoms with van der Waals surface area (Å²) < 4.78 is 22.4. The number of sulfonamides is 1. The van der Waals surface area contributed by atoms with Crippen LogP contribution < -0.4 is 5.14 Å². The molecule has 1 unspecified atom stereocenters. The van der Waals surface area contributed by atoms with Crippen LogP contribution in [-0.4, -0.2) is 37.1 Å². The Bertz CT molecular complexity index is 682. The second kappa shape index (κ2) is 6.94. The first-order chi connectivity index (χ1) is 10.7. The Hall–Kier alpha value is -1.51. The van der Waals surface area contributed by atoms with Gasteiger partial charge in [0.05, 0.1) is 10.7 Å². The monoisotopic (exact) mass is 341 g/mol. The molecule has 128 valence electrons. The molecule has 1 aromatic carbocycles. The third kappa shape index (κ3) is 4.73. The van der Waals surface area contributed by atoms with Gasteiger partial charge in [-0.3, -0.25) is 15.0 Å². The van der Waals surface area contributed by atoms with E-state index in [0.717, 1.165) is 37.1 Å². The lowest BCUT2D eigenvalue weighted by Gasteiger charge is -2.36. The Morgan fingerprint density at radius 3 is 2.52 bits per heavy atom. The maximum absolute atomic E-state index is 11.2. The fourth-order valence-corrected chi connectivity index (χ4v) is 4.21. The normalized spacial score (nSPS) is 18.7. The highest BCUT2D eigenvalue weighted by Gasteiger charge is 2.27. The minimum Gasteiger partial charge on any atom is -0.297 e. The minimum atomic E-state index is -3.43. The van der Waals surface area contributed by atoms with E-state index in [2.05, 4.69) is 4.90 Å². The standard InChI is InChI=1S/C15H23N3O4S/c1-11-3-4-14(18(19)20)9-15(11)12(2)17-7-5-13(6-8-17)10-23(16,21)22/h3-4,9,12-13H,5-8,10H2,1-2H3,(H2,16,21,22). The molecule has 0 spiro atoms. The quantitative estimate of drug-likeness (QED) is 0.651. The molecule has 1 aliphatic heterocycles. The van der Waals surface area contributed by atoms with Gasteiger partial charge in [-0.2, -0.15) is 0 Å². The highest BCUT2D eigenvalue weighted by atomic mass is 32.2. The fraction of sp³-hybridized carbons (Fsp3) is 0.600. The molecule has 1 heterocycles. The van der Waals surface area contributed by atoms with E-state index < -0.39 is 10.0 Å². The van der Waals surface area contributed by atoms with Gasteiger partial charge in [-0.15, -0.1) is 0 Å². The molecular weight excluding hydrogens is 318 g/mol. The summed E-state index contributed by atoms with van der Waals surface area (Å²) in [6.07, 6.45) is 1.55. The maximum Gasteiger partial charge on any atom is 0.269 e. The first-order valence-corrected chi connectivity index (χ1v) is 9.38. The number of aryl methyl sites for hydroxylation is 1. The van der Waals surface area contributed by atoms with Gasteiger partial charge in [-0.25, -0.2) is 13.6 Å². The van der Waals surface area contributed by atoms with E-state index >= 15 is 0 Å². The van der Waals surface area contributed by atoms with Gasteiger partial charge in [0.2, 0.25) is 10.0 Å².